The lowest BCUT2D eigenvalue weighted by atomic mass is 9.87. The summed E-state index contributed by atoms with van der Waals surface area (Å²) in [6.07, 6.45) is 0.557. The van der Waals surface area contributed by atoms with E-state index >= 15 is 0 Å². The topological polar surface area (TPSA) is 88.5 Å². The van der Waals surface area contributed by atoms with Gasteiger partial charge >= 0.3 is 6.09 Å². The van der Waals surface area contributed by atoms with Crippen molar-refractivity contribution >= 4 is 17.8 Å². The van der Waals surface area contributed by atoms with E-state index in [1.807, 2.05) is 66.1 Å². The molecular formula is C22H39N5O3. The first kappa shape index (κ1) is 24.2. The summed E-state index contributed by atoms with van der Waals surface area (Å²) in [6.45, 7) is 18.6. The SMILES string of the molecule is Cc1cc(NC(=O)CNC2C(C)CCN(C(=O)OC(C)(C)C)C2C)n(C(C)(C)C)n1. The van der Waals surface area contributed by atoms with Gasteiger partial charge in [-0.15, -0.1) is 0 Å². The summed E-state index contributed by atoms with van der Waals surface area (Å²) in [5.41, 5.74) is 0.0947. The fourth-order valence-corrected chi connectivity index (χ4v) is 3.84. The van der Waals surface area contributed by atoms with Gasteiger partial charge in [0.05, 0.1) is 17.8 Å². The van der Waals surface area contributed by atoms with Crippen LogP contribution in [0.15, 0.2) is 6.07 Å². The summed E-state index contributed by atoms with van der Waals surface area (Å²) in [7, 11) is 0. The van der Waals surface area contributed by atoms with Crippen molar-refractivity contribution in [1.29, 1.82) is 0 Å². The molecule has 2 rings (SSSR count). The largest absolute Gasteiger partial charge is 0.444 e. The Labute approximate surface area is 180 Å². The minimum absolute atomic E-state index is 0.00582. The van der Waals surface area contributed by atoms with Crippen LogP contribution in [0.4, 0.5) is 10.6 Å². The van der Waals surface area contributed by atoms with Gasteiger partial charge in [-0.25, -0.2) is 9.48 Å². The molecule has 1 aliphatic heterocycles. The number of aryl methyl sites for hydroxylation is 1. The van der Waals surface area contributed by atoms with Crippen molar-refractivity contribution in [3.8, 4) is 0 Å². The Morgan fingerprint density at radius 1 is 1.20 bits per heavy atom. The molecule has 170 valence electrons. The second-order valence-corrected chi connectivity index (χ2v) is 10.4. The third kappa shape index (κ3) is 6.20. The summed E-state index contributed by atoms with van der Waals surface area (Å²) < 4.78 is 7.38. The fourth-order valence-electron chi connectivity index (χ4n) is 3.84. The number of amides is 2. The number of hydrogen-bond donors (Lipinski definition) is 2. The van der Waals surface area contributed by atoms with E-state index in [1.54, 1.807) is 4.90 Å². The molecule has 0 bridgehead atoms. The van der Waals surface area contributed by atoms with Gasteiger partial charge in [-0.1, -0.05) is 6.92 Å². The van der Waals surface area contributed by atoms with Crippen LogP contribution >= 0.6 is 0 Å². The van der Waals surface area contributed by atoms with Crippen LogP contribution in [0.5, 0.6) is 0 Å². The number of nitrogens with zero attached hydrogens (tertiary/aromatic N) is 3. The molecule has 1 saturated heterocycles. The Morgan fingerprint density at radius 2 is 1.83 bits per heavy atom. The van der Waals surface area contributed by atoms with E-state index in [-0.39, 0.29) is 36.2 Å². The smallest absolute Gasteiger partial charge is 0.410 e. The summed E-state index contributed by atoms with van der Waals surface area (Å²) >= 11 is 0. The number of anilines is 1. The van der Waals surface area contributed by atoms with Crippen molar-refractivity contribution in [3.05, 3.63) is 11.8 Å². The average Bonchev–Trinajstić information content (AvgIpc) is 2.93. The van der Waals surface area contributed by atoms with Gasteiger partial charge in [-0.2, -0.15) is 5.10 Å². The van der Waals surface area contributed by atoms with Gasteiger partial charge in [0.15, 0.2) is 0 Å². The highest BCUT2D eigenvalue weighted by molar-refractivity contribution is 5.91. The number of likely N-dealkylation sites (tertiary alicyclic amines) is 1. The molecule has 2 heterocycles. The summed E-state index contributed by atoms with van der Waals surface area (Å²) in [4.78, 5) is 27.0. The summed E-state index contributed by atoms with van der Waals surface area (Å²) in [6, 6.07) is 1.81. The van der Waals surface area contributed by atoms with E-state index in [0.717, 1.165) is 12.1 Å². The molecule has 0 aliphatic carbocycles. The summed E-state index contributed by atoms with van der Waals surface area (Å²) in [5.74, 6) is 0.898. The van der Waals surface area contributed by atoms with E-state index < -0.39 is 5.60 Å². The van der Waals surface area contributed by atoms with Crippen LogP contribution in [-0.4, -0.2) is 57.5 Å². The van der Waals surface area contributed by atoms with Crippen molar-refractivity contribution in [2.45, 2.75) is 92.0 Å². The zero-order chi connectivity index (χ0) is 22.9. The monoisotopic (exact) mass is 421 g/mol. The number of nitrogens with one attached hydrogen (secondary N) is 2. The van der Waals surface area contributed by atoms with E-state index in [2.05, 4.69) is 22.7 Å². The lowest BCUT2D eigenvalue weighted by Crippen LogP contribution is -2.59. The van der Waals surface area contributed by atoms with Crippen LogP contribution in [-0.2, 0) is 15.1 Å². The minimum atomic E-state index is -0.531. The predicted octanol–water partition coefficient (Wildman–Crippen LogP) is 3.51. The van der Waals surface area contributed by atoms with E-state index in [0.29, 0.717) is 18.3 Å². The highest BCUT2D eigenvalue weighted by Crippen LogP contribution is 2.25. The van der Waals surface area contributed by atoms with Gasteiger partial charge in [-0.05, 0) is 67.7 Å². The second-order valence-electron chi connectivity index (χ2n) is 10.4. The third-order valence-electron chi connectivity index (χ3n) is 5.31. The standard InChI is InChI=1S/C22H39N5O3/c1-14-10-11-26(20(29)30-22(7,8)9)16(3)19(14)23-13-18(28)24-17-12-15(2)25-27(17)21(4,5)6/h12,14,16,19,23H,10-11,13H2,1-9H3,(H,24,28). The van der Waals surface area contributed by atoms with E-state index in [4.69, 9.17) is 4.74 Å². The first-order chi connectivity index (χ1) is 13.7. The highest BCUT2D eigenvalue weighted by atomic mass is 16.6. The number of rotatable bonds is 4. The second kappa shape index (κ2) is 8.96. The van der Waals surface area contributed by atoms with Crippen molar-refractivity contribution < 1.29 is 14.3 Å². The molecule has 3 atom stereocenters. The number of carbonyl (C=O) groups is 2. The molecule has 1 aromatic rings. The number of aromatic nitrogens is 2. The molecule has 8 nitrogen and oxygen atoms in total. The van der Waals surface area contributed by atoms with Crippen molar-refractivity contribution in [2.75, 3.05) is 18.4 Å². The van der Waals surface area contributed by atoms with Crippen LogP contribution in [0.3, 0.4) is 0 Å². The van der Waals surface area contributed by atoms with Gasteiger partial charge in [0.2, 0.25) is 5.91 Å². The predicted molar refractivity (Wildman–Crippen MR) is 119 cm³/mol. The van der Waals surface area contributed by atoms with Crippen LogP contribution in [0.25, 0.3) is 0 Å². The molecule has 2 N–H and O–H groups in total. The Morgan fingerprint density at radius 3 is 2.40 bits per heavy atom. The number of piperidine rings is 1. The summed E-state index contributed by atoms with van der Waals surface area (Å²) in [5, 5.41) is 10.8. The van der Waals surface area contributed by atoms with Crippen LogP contribution in [0, 0.1) is 12.8 Å². The lowest BCUT2D eigenvalue weighted by molar-refractivity contribution is -0.115. The number of ether oxygens (including phenoxy) is 1. The van der Waals surface area contributed by atoms with Gasteiger partial charge < -0.3 is 20.3 Å². The normalized spacial score (nSPS) is 22.7. The maximum Gasteiger partial charge on any atom is 0.410 e. The van der Waals surface area contributed by atoms with Gasteiger partial charge in [0.25, 0.3) is 0 Å². The van der Waals surface area contributed by atoms with E-state index in [9.17, 15) is 9.59 Å². The third-order valence-corrected chi connectivity index (χ3v) is 5.31. The maximum atomic E-state index is 12.6. The first-order valence-corrected chi connectivity index (χ1v) is 10.8. The fraction of sp³-hybridized carbons (Fsp3) is 0.773. The molecule has 1 fully saturated rings. The van der Waals surface area contributed by atoms with Crippen molar-refractivity contribution in [1.82, 2.24) is 20.0 Å². The number of carbonyl (C=O) groups excluding carboxylic acids is 2. The Bertz CT molecular complexity index is 760. The molecular weight excluding hydrogens is 382 g/mol. The highest BCUT2D eigenvalue weighted by Gasteiger charge is 2.37. The Kier molecular flexibility index (Phi) is 7.22. The zero-order valence-corrected chi connectivity index (χ0v) is 20.0. The minimum Gasteiger partial charge on any atom is -0.444 e. The molecule has 30 heavy (non-hydrogen) atoms. The molecule has 1 aliphatic rings. The van der Waals surface area contributed by atoms with Gasteiger partial charge in [-0.3, -0.25) is 4.79 Å². The maximum absolute atomic E-state index is 12.6. The molecule has 1 aromatic heterocycles. The average molecular weight is 422 g/mol. The van der Waals surface area contributed by atoms with Crippen molar-refractivity contribution in [2.24, 2.45) is 5.92 Å². The molecule has 0 aromatic carbocycles. The lowest BCUT2D eigenvalue weighted by Gasteiger charge is -2.43. The van der Waals surface area contributed by atoms with Crippen LogP contribution in [0.2, 0.25) is 0 Å². The van der Waals surface area contributed by atoms with Gasteiger partial charge in [0.1, 0.15) is 11.4 Å². The molecule has 0 radical (unpaired) electrons. The molecule has 8 heteroatoms. The van der Waals surface area contributed by atoms with Crippen LogP contribution < -0.4 is 10.6 Å². The quantitative estimate of drug-likeness (QED) is 0.777. The first-order valence-electron chi connectivity index (χ1n) is 10.8. The molecule has 3 unspecified atom stereocenters. The Balaban J connectivity index is 2.00. The van der Waals surface area contributed by atoms with E-state index in [1.165, 1.54) is 0 Å². The molecule has 0 saturated carbocycles. The molecule has 2 amide bonds. The van der Waals surface area contributed by atoms with Crippen molar-refractivity contribution in [3.63, 3.8) is 0 Å². The Hall–Kier alpha value is -2.09. The zero-order valence-electron chi connectivity index (χ0n) is 20.0. The number of hydrogen-bond acceptors (Lipinski definition) is 5. The van der Waals surface area contributed by atoms with Gasteiger partial charge in [0, 0.05) is 24.7 Å². The van der Waals surface area contributed by atoms with Crippen LogP contribution in [0.1, 0.15) is 67.5 Å². The molecule has 0 spiro atoms.